The predicted octanol–water partition coefficient (Wildman–Crippen LogP) is 3.40. The Hall–Kier alpha value is -1.00. The Bertz CT molecular complexity index is 493. The molecule has 164 valence electrons. The Balaban J connectivity index is 4.48. The molecule has 0 spiro atoms. The number of nitrogens with two attached hydrogens (primary N) is 2. The van der Waals surface area contributed by atoms with Crippen molar-refractivity contribution in [2.75, 3.05) is 32.6 Å². The van der Waals surface area contributed by atoms with Gasteiger partial charge >= 0.3 is 5.97 Å². The molecule has 0 rings (SSSR count). The minimum absolute atomic E-state index is 0.0750. The van der Waals surface area contributed by atoms with Crippen LogP contribution in [-0.4, -0.2) is 56.3 Å². The summed E-state index contributed by atoms with van der Waals surface area (Å²) in [7, 11) is -0.0941. The van der Waals surface area contributed by atoms with Crippen LogP contribution in [0.5, 0.6) is 0 Å². The number of esters is 1. The van der Waals surface area contributed by atoms with Gasteiger partial charge in [0.15, 0.2) is 0 Å². The largest absolute Gasteiger partial charge is 0.465 e. The summed E-state index contributed by atoms with van der Waals surface area (Å²) < 4.78 is 5.39. The Kier molecular flexibility index (Phi) is 14.4. The molecule has 2 atom stereocenters. The van der Waals surface area contributed by atoms with Crippen molar-refractivity contribution in [3.63, 3.8) is 0 Å². The van der Waals surface area contributed by atoms with Crippen LogP contribution in [0.25, 0.3) is 0 Å². The number of carbonyl (C=O) groups is 2. The molecule has 7 heteroatoms. The van der Waals surface area contributed by atoms with Gasteiger partial charge in [0, 0.05) is 19.1 Å². The fourth-order valence-electron chi connectivity index (χ4n) is 2.81. The van der Waals surface area contributed by atoms with Gasteiger partial charge in [-0.3, -0.25) is 14.6 Å². The van der Waals surface area contributed by atoms with Crippen molar-refractivity contribution >= 4 is 25.5 Å². The van der Waals surface area contributed by atoms with Crippen LogP contribution in [0.1, 0.15) is 59.8 Å². The van der Waals surface area contributed by atoms with E-state index in [1.54, 1.807) is 0 Å². The first-order chi connectivity index (χ1) is 13.0. The van der Waals surface area contributed by atoms with Gasteiger partial charge in [-0.15, -0.1) is 7.92 Å². The summed E-state index contributed by atoms with van der Waals surface area (Å²) >= 11 is 0. The molecule has 0 bridgehead atoms. The second-order valence-corrected chi connectivity index (χ2v) is 11.2. The summed E-state index contributed by atoms with van der Waals surface area (Å²) in [5, 5.41) is 0. The number of hydrogen-bond acceptors (Lipinski definition) is 5. The molecule has 0 saturated heterocycles. The maximum atomic E-state index is 12.5. The molecule has 4 N–H and O–H groups in total. The van der Waals surface area contributed by atoms with Crippen LogP contribution in [0.2, 0.25) is 0 Å². The number of aliphatic imine (C=N–C) groups is 1. The quantitative estimate of drug-likeness (QED) is 0.140. The number of rotatable bonds is 15. The molecule has 0 aliphatic heterocycles. The summed E-state index contributed by atoms with van der Waals surface area (Å²) in [5.41, 5.74) is 11.9. The topological polar surface area (TPSA) is 108 Å². The molecule has 0 aliphatic rings. The molecule has 0 aromatic rings. The highest BCUT2D eigenvalue weighted by atomic mass is 31.1. The van der Waals surface area contributed by atoms with E-state index < -0.39 is 12.0 Å². The summed E-state index contributed by atoms with van der Waals surface area (Å²) in [4.78, 5) is 29.2. The first-order valence-electron chi connectivity index (χ1n) is 10.4. The fourth-order valence-corrected chi connectivity index (χ4v) is 3.56. The smallest absolute Gasteiger partial charge is 0.309 e. The molecule has 0 fully saturated rings. The van der Waals surface area contributed by atoms with Gasteiger partial charge < -0.3 is 16.2 Å². The van der Waals surface area contributed by atoms with Crippen molar-refractivity contribution < 1.29 is 14.3 Å². The number of carbonyl (C=O) groups excluding carboxylic acids is 2. The van der Waals surface area contributed by atoms with Crippen LogP contribution in [-0.2, 0) is 14.3 Å². The number of Topliss-reactive ketones (excluding diaryl/α,β-unsaturated/α-hetero) is 1. The average Bonchev–Trinajstić information content (AvgIpc) is 2.56. The standard InChI is InChI=1S/C21H42N3O3P/c1-15(2)9-11-27-21(26)17(12-16(3)4)13-19(25)18(22)8-7-10-24-20(23)14-28(5)6/h15-18H,7-14,22H2,1-6H3,(H2,23,24)/t17-,18-/m1/s1. The molecular weight excluding hydrogens is 373 g/mol. The number of ether oxygens (including phenoxy) is 1. The van der Waals surface area contributed by atoms with Crippen molar-refractivity contribution in [1.82, 2.24) is 0 Å². The fraction of sp³-hybridized carbons (Fsp3) is 0.857. The maximum Gasteiger partial charge on any atom is 0.309 e. The van der Waals surface area contributed by atoms with Gasteiger partial charge in [0.25, 0.3) is 0 Å². The summed E-state index contributed by atoms with van der Waals surface area (Å²) in [6, 6.07) is -0.566. The molecule has 0 amide bonds. The van der Waals surface area contributed by atoms with Gasteiger partial charge in [-0.25, -0.2) is 0 Å². The van der Waals surface area contributed by atoms with E-state index in [2.05, 4.69) is 32.2 Å². The number of ketones is 1. The Labute approximate surface area is 173 Å². The Morgan fingerprint density at radius 2 is 1.71 bits per heavy atom. The van der Waals surface area contributed by atoms with Crippen LogP contribution < -0.4 is 11.5 Å². The van der Waals surface area contributed by atoms with E-state index >= 15 is 0 Å². The summed E-state index contributed by atoms with van der Waals surface area (Å²) in [6.45, 7) is 13.6. The molecule has 0 unspecified atom stereocenters. The van der Waals surface area contributed by atoms with Crippen molar-refractivity contribution in [1.29, 1.82) is 0 Å². The van der Waals surface area contributed by atoms with Crippen molar-refractivity contribution in [3.8, 4) is 0 Å². The zero-order valence-electron chi connectivity index (χ0n) is 18.7. The normalized spacial score (nSPS) is 14.6. The third-order valence-corrected chi connectivity index (χ3v) is 5.31. The van der Waals surface area contributed by atoms with E-state index in [0.717, 1.165) is 12.6 Å². The van der Waals surface area contributed by atoms with Crippen LogP contribution >= 0.6 is 7.92 Å². The second kappa shape index (κ2) is 14.9. The van der Waals surface area contributed by atoms with E-state index in [1.807, 2.05) is 13.8 Å². The monoisotopic (exact) mass is 415 g/mol. The highest BCUT2D eigenvalue weighted by Gasteiger charge is 2.26. The maximum absolute atomic E-state index is 12.5. The Morgan fingerprint density at radius 3 is 2.25 bits per heavy atom. The Morgan fingerprint density at radius 1 is 1.07 bits per heavy atom. The number of amidine groups is 1. The first-order valence-corrected chi connectivity index (χ1v) is 12.8. The minimum atomic E-state index is -0.566. The van der Waals surface area contributed by atoms with Gasteiger partial charge in [0.2, 0.25) is 0 Å². The zero-order chi connectivity index (χ0) is 21.7. The van der Waals surface area contributed by atoms with Gasteiger partial charge in [-0.2, -0.15) is 0 Å². The van der Waals surface area contributed by atoms with Crippen molar-refractivity contribution in [2.45, 2.75) is 65.8 Å². The van der Waals surface area contributed by atoms with Crippen molar-refractivity contribution in [3.05, 3.63) is 0 Å². The van der Waals surface area contributed by atoms with E-state index in [9.17, 15) is 9.59 Å². The first kappa shape index (κ1) is 27.0. The molecule has 28 heavy (non-hydrogen) atoms. The highest BCUT2D eigenvalue weighted by molar-refractivity contribution is 7.57. The molecule has 0 radical (unpaired) electrons. The minimum Gasteiger partial charge on any atom is -0.465 e. The van der Waals surface area contributed by atoms with Gasteiger partial charge in [-0.05, 0) is 50.8 Å². The van der Waals surface area contributed by atoms with Crippen LogP contribution in [0.3, 0.4) is 0 Å². The number of hydrogen-bond donors (Lipinski definition) is 2. The van der Waals surface area contributed by atoms with E-state index in [0.29, 0.717) is 50.1 Å². The highest BCUT2D eigenvalue weighted by Crippen LogP contribution is 2.23. The summed E-state index contributed by atoms with van der Waals surface area (Å²) in [6.07, 6.45) is 3.73. The lowest BCUT2D eigenvalue weighted by molar-refractivity contribution is -0.151. The lowest BCUT2D eigenvalue weighted by atomic mass is 9.90. The third-order valence-electron chi connectivity index (χ3n) is 4.36. The van der Waals surface area contributed by atoms with Crippen LogP contribution in [0, 0.1) is 17.8 Å². The van der Waals surface area contributed by atoms with Crippen LogP contribution in [0.4, 0.5) is 0 Å². The summed E-state index contributed by atoms with van der Waals surface area (Å²) in [5.74, 6) is 0.707. The third kappa shape index (κ3) is 14.1. The average molecular weight is 416 g/mol. The molecule has 0 saturated carbocycles. The van der Waals surface area contributed by atoms with E-state index in [-0.39, 0.29) is 26.1 Å². The van der Waals surface area contributed by atoms with Crippen LogP contribution in [0.15, 0.2) is 4.99 Å². The molecule has 0 aliphatic carbocycles. The lowest BCUT2D eigenvalue weighted by Gasteiger charge is -2.19. The molecular formula is C21H42N3O3P. The molecule has 0 aromatic heterocycles. The molecule has 6 nitrogen and oxygen atoms in total. The van der Waals surface area contributed by atoms with Gasteiger partial charge in [0.05, 0.1) is 24.4 Å². The second-order valence-electron chi connectivity index (χ2n) is 8.71. The lowest BCUT2D eigenvalue weighted by Crippen LogP contribution is -2.34. The molecule has 0 heterocycles. The van der Waals surface area contributed by atoms with E-state index in [1.165, 1.54) is 0 Å². The predicted molar refractivity (Wildman–Crippen MR) is 120 cm³/mol. The van der Waals surface area contributed by atoms with Gasteiger partial charge in [-0.1, -0.05) is 27.7 Å². The molecule has 0 aromatic carbocycles. The van der Waals surface area contributed by atoms with Crippen molar-refractivity contribution in [2.24, 2.45) is 34.2 Å². The van der Waals surface area contributed by atoms with Gasteiger partial charge in [0.1, 0.15) is 5.78 Å². The SMILES string of the molecule is CC(C)CCOC(=O)[C@@H](CC(=O)[C@H](N)CCCN=C(N)CP(C)C)CC(C)C. The number of nitrogens with zero attached hydrogens (tertiary/aromatic N) is 1. The van der Waals surface area contributed by atoms with E-state index in [4.69, 9.17) is 16.2 Å². The zero-order valence-corrected chi connectivity index (χ0v) is 19.6.